The zero-order chi connectivity index (χ0) is 20.8. The van der Waals surface area contributed by atoms with Gasteiger partial charge in [0.1, 0.15) is 12.3 Å². The molecule has 0 saturated heterocycles. The minimum absolute atomic E-state index is 0.00806. The van der Waals surface area contributed by atoms with E-state index in [2.05, 4.69) is 32.7 Å². The summed E-state index contributed by atoms with van der Waals surface area (Å²) in [5, 5.41) is 4.65. The molecule has 0 bridgehead atoms. The topological polar surface area (TPSA) is 68.5 Å². The van der Waals surface area contributed by atoms with Gasteiger partial charge in [-0.2, -0.15) is 4.98 Å². The van der Waals surface area contributed by atoms with Gasteiger partial charge < -0.3 is 14.2 Å². The molecule has 1 atom stereocenters. The fraction of sp³-hybridized carbons (Fsp3) is 0.286. The molecule has 0 fully saturated rings. The summed E-state index contributed by atoms with van der Waals surface area (Å²) in [5.74, 6) is 1.36. The Morgan fingerprint density at radius 3 is 2.55 bits per heavy atom. The summed E-state index contributed by atoms with van der Waals surface area (Å²) in [5.41, 5.74) is 0.799. The lowest BCUT2D eigenvalue weighted by molar-refractivity contribution is -0.136. The molecule has 1 heterocycles. The molecule has 1 amide bonds. The van der Waals surface area contributed by atoms with Crippen molar-refractivity contribution in [2.24, 2.45) is 0 Å². The first-order valence-corrected chi connectivity index (χ1v) is 10.7. The molecular weight excluding hydrogens is 505 g/mol. The highest BCUT2D eigenvalue weighted by atomic mass is 127. The number of benzene rings is 2. The Bertz CT molecular complexity index is 945. The molecule has 0 radical (unpaired) electrons. The number of aromatic nitrogens is 2. The van der Waals surface area contributed by atoms with Crippen molar-refractivity contribution in [2.75, 3.05) is 6.61 Å². The predicted octanol–water partition coefficient (Wildman–Crippen LogP) is 5.20. The lowest BCUT2D eigenvalue weighted by atomic mass is 10.2. The van der Waals surface area contributed by atoms with Crippen LogP contribution in [0.25, 0.3) is 11.4 Å². The minimum atomic E-state index is -0.135. The summed E-state index contributed by atoms with van der Waals surface area (Å²) in [6, 6.07) is 14.7. The molecule has 0 aliphatic rings. The van der Waals surface area contributed by atoms with Gasteiger partial charge >= 0.3 is 0 Å². The molecule has 0 spiro atoms. The lowest BCUT2D eigenvalue weighted by Gasteiger charge is -2.27. The van der Waals surface area contributed by atoms with E-state index in [0.717, 1.165) is 15.6 Å². The molecule has 0 aliphatic heterocycles. The number of carbonyl (C=O) groups excluding carboxylic acids is 1. The van der Waals surface area contributed by atoms with Gasteiger partial charge in [0.2, 0.25) is 11.7 Å². The van der Waals surface area contributed by atoms with Gasteiger partial charge in [0.15, 0.2) is 6.61 Å². The number of amides is 1. The smallest absolute Gasteiger partial charge is 0.261 e. The first kappa shape index (κ1) is 21.6. The zero-order valence-corrected chi connectivity index (χ0v) is 19.1. The van der Waals surface area contributed by atoms with Crippen LogP contribution in [-0.4, -0.2) is 33.6 Å². The predicted molar refractivity (Wildman–Crippen MR) is 120 cm³/mol. The number of carbonyl (C=O) groups is 1. The SMILES string of the molecule is CC[C@H](C)N(Cc1nc(-c2ccc(Cl)cc2)no1)C(=O)COc1ccc(I)cc1. The molecular formula is C21H21ClIN3O3. The summed E-state index contributed by atoms with van der Waals surface area (Å²) in [6.07, 6.45) is 0.799. The second-order valence-electron chi connectivity index (χ2n) is 6.54. The van der Waals surface area contributed by atoms with Crippen molar-refractivity contribution in [3.63, 3.8) is 0 Å². The average Bonchev–Trinajstić information content (AvgIpc) is 3.20. The second kappa shape index (κ2) is 10.1. The van der Waals surface area contributed by atoms with Crippen molar-refractivity contribution in [1.82, 2.24) is 15.0 Å². The monoisotopic (exact) mass is 525 g/mol. The van der Waals surface area contributed by atoms with Gasteiger partial charge in [-0.3, -0.25) is 4.79 Å². The number of ether oxygens (including phenoxy) is 1. The average molecular weight is 526 g/mol. The van der Waals surface area contributed by atoms with Crippen molar-refractivity contribution in [1.29, 1.82) is 0 Å². The second-order valence-corrected chi connectivity index (χ2v) is 8.22. The van der Waals surface area contributed by atoms with Crippen LogP contribution in [0, 0.1) is 3.57 Å². The third kappa shape index (κ3) is 5.93. The van der Waals surface area contributed by atoms with E-state index in [9.17, 15) is 4.79 Å². The molecule has 3 aromatic rings. The van der Waals surface area contributed by atoms with E-state index >= 15 is 0 Å². The molecule has 0 aliphatic carbocycles. The Kier molecular flexibility index (Phi) is 7.49. The van der Waals surface area contributed by atoms with Crippen molar-refractivity contribution >= 4 is 40.1 Å². The fourth-order valence-corrected chi connectivity index (χ4v) is 3.14. The van der Waals surface area contributed by atoms with Crippen molar-refractivity contribution in [3.8, 4) is 17.1 Å². The fourth-order valence-electron chi connectivity index (χ4n) is 2.65. The first-order chi connectivity index (χ1) is 14.0. The normalized spacial score (nSPS) is 11.9. The molecule has 2 aromatic carbocycles. The third-order valence-electron chi connectivity index (χ3n) is 4.50. The van der Waals surface area contributed by atoms with Crippen LogP contribution in [0.5, 0.6) is 5.75 Å². The minimum Gasteiger partial charge on any atom is -0.484 e. The maximum absolute atomic E-state index is 12.8. The number of nitrogens with zero attached hydrogens (tertiary/aromatic N) is 3. The maximum Gasteiger partial charge on any atom is 0.261 e. The summed E-state index contributed by atoms with van der Waals surface area (Å²) < 4.78 is 12.1. The Hall–Kier alpha value is -2.13. The highest BCUT2D eigenvalue weighted by Crippen LogP contribution is 2.20. The largest absolute Gasteiger partial charge is 0.484 e. The lowest BCUT2D eigenvalue weighted by Crippen LogP contribution is -2.40. The van der Waals surface area contributed by atoms with Crippen LogP contribution in [0.2, 0.25) is 5.02 Å². The number of hydrogen-bond donors (Lipinski definition) is 0. The highest BCUT2D eigenvalue weighted by molar-refractivity contribution is 14.1. The maximum atomic E-state index is 12.8. The van der Waals surface area contributed by atoms with Crippen molar-refractivity contribution in [2.45, 2.75) is 32.9 Å². The van der Waals surface area contributed by atoms with Crippen molar-refractivity contribution in [3.05, 3.63) is 63.0 Å². The van der Waals surface area contributed by atoms with E-state index in [1.165, 1.54) is 0 Å². The molecule has 0 saturated carbocycles. The van der Waals surface area contributed by atoms with Gasteiger partial charge in [0.25, 0.3) is 5.91 Å². The van der Waals surface area contributed by atoms with Crippen molar-refractivity contribution < 1.29 is 14.1 Å². The van der Waals surface area contributed by atoms with Gasteiger partial charge in [-0.25, -0.2) is 0 Å². The van der Waals surface area contributed by atoms with E-state index in [1.54, 1.807) is 17.0 Å². The van der Waals surface area contributed by atoms with Crippen LogP contribution in [-0.2, 0) is 11.3 Å². The van der Waals surface area contributed by atoms with Crippen LogP contribution in [0.4, 0.5) is 0 Å². The summed E-state index contributed by atoms with van der Waals surface area (Å²) in [6.45, 7) is 4.19. The Morgan fingerprint density at radius 1 is 1.21 bits per heavy atom. The van der Waals surface area contributed by atoms with Gasteiger partial charge in [-0.1, -0.05) is 23.7 Å². The summed E-state index contributed by atoms with van der Waals surface area (Å²) in [4.78, 5) is 18.9. The molecule has 8 heteroatoms. The first-order valence-electron chi connectivity index (χ1n) is 9.22. The van der Waals surface area contributed by atoms with Crippen LogP contribution in [0.1, 0.15) is 26.2 Å². The van der Waals surface area contributed by atoms with Gasteiger partial charge in [0.05, 0.1) is 0 Å². The standard InChI is InChI=1S/C21H21ClIN3O3/c1-3-14(2)26(20(27)13-28-18-10-8-17(23)9-11-18)12-19-24-21(25-29-19)15-4-6-16(22)7-5-15/h4-11,14H,3,12-13H2,1-2H3/t14-/m0/s1. The number of rotatable bonds is 8. The Labute approximate surface area is 188 Å². The van der Waals surface area contributed by atoms with E-state index < -0.39 is 0 Å². The Balaban J connectivity index is 1.68. The van der Waals surface area contributed by atoms with E-state index in [-0.39, 0.29) is 25.1 Å². The molecule has 29 heavy (non-hydrogen) atoms. The number of hydrogen-bond acceptors (Lipinski definition) is 5. The van der Waals surface area contributed by atoms with Gasteiger partial charge in [-0.05, 0) is 84.5 Å². The van der Waals surface area contributed by atoms with Crippen LogP contribution in [0.15, 0.2) is 53.1 Å². The molecule has 152 valence electrons. The highest BCUT2D eigenvalue weighted by Gasteiger charge is 2.23. The molecule has 1 aromatic heterocycles. The summed E-state index contributed by atoms with van der Waals surface area (Å²) in [7, 11) is 0. The van der Waals surface area contributed by atoms with Gasteiger partial charge in [-0.15, -0.1) is 0 Å². The van der Waals surface area contributed by atoms with E-state index in [4.69, 9.17) is 20.9 Å². The van der Waals surface area contributed by atoms with Crippen LogP contribution in [0.3, 0.4) is 0 Å². The molecule has 3 rings (SSSR count). The molecule has 0 unspecified atom stereocenters. The van der Waals surface area contributed by atoms with E-state index in [1.807, 2.05) is 50.2 Å². The van der Waals surface area contributed by atoms with E-state index in [0.29, 0.717) is 22.5 Å². The number of halogens is 2. The van der Waals surface area contributed by atoms with Crippen LogP contribution < -0.4 is 4.74 Å². The summed E-state index contributed by atoms with van der Waals surface area (Å²) >= 11 is 8.14. The van der Waals surface area contributed by atoms with Gasteiger partial charge in [0, 0.05) is 20.2 Å². The molecule has 6 nitrogen and oxygen atoms in total. The third-order valence-corrected chi connectivity index (χ3v) is 5.47. The quantitative estimate of drug-likeness (QED) is 0.378. The zero-order valence-electron chi connectivity index (χ0n) is 16.1. The molecule has 0 N–H and O–H groups in total. The van der Waals surface area contributed by atoms with Crippen LogP contribution >= 0.6 is 34.2 Å². The Morgan fingerprint density at radius 2 is 1.90 bits per heavy atom.